The van der Waals surface area contributed by atoms with Gasteiger partial charge in [0, 0.05) is 38.8 Å². The van der Waals surface area contributed by atoms with E-state index in [0.29, 0.717) is 0 Å². The quantitative estimate of drug-likeness (QED) is 0.700. The van der Waals surface area contributed by atoms with E-state index in [0.717, 1.165) is 55.0 Å². The van der Waals surface area contributed by atoms with Crippen LogP contribution in [0.25, 0.3) is 10.7 Å². The molecule has 1 saturated heterocycles. The minimum Gasteiger partial charge on any atom is -0.810 e. The zero-order valence-corrected chi connectivity index (χ0v) is 16.9. The Morgan fingerprint density at radius 3 is 2.52 bits per heavy atom. The molecule has 1 aliphatic heterocycles. The summed E-state index contributed by atoms with van der Waals surface area (Å²) in [7, 11) is 3.40. The maximum Gasteiger partial charge on any atom is 0.123 e. The predicted molar refractivity (Wildman–Crippen MR) is 89.6 cm³/mol. The van der Waals surface area contributed by atoms with Crippen LogP contribution in [0.1, 0.15) is 19.8 Å². The first-order chi connectivity index (χ1) is 10.7. The van der Waals surface area contributed by atoms with E-state index >= 15 is 0 Å². The Bertz CT molecular complexity index is 540. The Morgan fingerprint density at radius 1 is 1.30 bits per heavy atom. The molecular weight excluding hydrogens is 367 g/mol. The molecule has 23 heavy (non-hydrogen) atoms. The summed E-state index contributed by atoms with van der Waals surface area (Å²) in [5.41, 5.74) is 0.787. The average Bonchev–Trinajstić information content (AvgIpc) is 2.57. The summed E-state index contributed by atoms with van der Waals surface area (Å²) in [6, 6.07) is 7.69. The van der Waals surface area contributed by atoms with Crippen LogP contribution in [-0.2, 0) is 32.7 Å². The fourth-order valence-electron chi connectivity index (χ4n) is 2.68. The van der Waals surface area contributed by atoms with Gasteiger partial charge in [0.2, 0.25) is 0 Å². The summed E-state index contributed by atoms with van der Waals surface area (Å²) in [5, 5.41) is 13.4. The van der Waals surface area contributed by atoms with E-state index in [9.17, 15) is 0 Å². The molecule has 0 bridgehead atoms. The zero-order chi connectivity index (χ0) is 15.9. The number of nitrogens with zero attached hydrogens (tertiary/aromatic N) is 3. The van der Waals surface area contributed by atoms with Crippen molar-refractivity contribution in [2.45, 2.75) is 25.9 Å². The summed E-state index contributed by atoms with van der Waals surface area (Å²) < 4.78 is 11.2. The average molecular weight is 390 g/mol. The van der Waals surface area contributed by atoms with Gasteiger partial charge in [-0.2, -0.15) is 6.21 Å². The van der Waals surface area contributed by atoms with Crippen molar-refractivity contribution >= 4 is 6.21 Å². The molecule has 0 atom stereocenters. The van der Waals surface area contributed by atoms with Crippen LogP contribution in [0.2, 0.25) is 0 Å². The van der Waals surface area contributed by atoms with Gasteiger partial charge in [-0.15, -0.1) is 0 Å². The molecular formula is C17H23N3O2Y-2. The Morgan fingerprint density at radius 2 is 1.96 bits per heavy atom. The van der Waals surface area contributed by atoms with Crippen molar-refractivity contribution in [2.75, 3.05) is 27.2 Å². The maximum absolute atomic E-state index is 9.16. The summed E-state index contributed by atoms with van der Waals surface area (Å²) >= 11 is 0. The van der Waals surface area contributed by atoms with Gasteiger partial charge < -0.3 is 25.1 Å². The molecule has 1 aliphatic rings. The van der Waals surface area contributed by atoms with Crippen molar-refractivity contribution in [1.29, 1.82) is 0 Å². The molecule has 123 valence electrons. The number of rotatable bonds is 6. The fraction of sp³-hybridized carbons (Fsp3) is 0.471. The number of ether oxygens (including phenoxy) is 2. The first-order valence-corrected chi connectivity index (χ1v) is 7.51. The number of hydrogen-bond acceptors (Lipinski definition) is 3. The minimum atomic E-state index is 0. The van der Waals surface area contributed by atoms with Gasteiger partial charge in [0.15, 0.2) is 0 Å². The van der Waals surface area contributed by atoms with Crippen LogP contribution in [-0.4, -0.2) is 44.5 Å². The number of benzene rings is 1. The molecule has 0 unspecified atom stereocenters. The van der Waals surface area contributed by atoms with Crippen LogP contribution in [0.15, 0.2) is 35.7 Å². The number of piperidine rings is 1. The number of methoxy groups -OCH3 is 1. The van der Waals surface area contributed by atoms with Crippen LogP contribution >= 0.6 is 0 Å². The molecule has 1 fully saturated rings. The van der Waals surface area contributed by atoms with E-state index in [2.05, 4.69) is 10.2 Å². The Kier molecular flexibility index (Phi) is 8.63. The van der Waals surface area contributed by atoms with Crippen molar-refractivity contribution in [3.63, 3.8) is 0 Å². The van der Waals surface area contributed by atoms with Gasteiger partial charge in [0.1, 0.15) is 11.5 Å². The van der Waals surface area contributed by atoms with Gasteiger partial charge in [-0.25, -0.2) is 0 Å². The minimum absolute atomic E-state index is 0. The first kappa shape index (κ1) is 20.0. The third kappa shape index (κ3) is 5.50. The van der Waals surface area contributed by atoms with Gasteiger partial charge in [0.05, 0.1) is 13.2 Å². The van der Waals surface area contributed by atoms with Crippen LogP contribution < -0.4 is 9.47 Å². The van der Waals surface area contributed by atoms with Crippen molar-refractivity contribution in [2.24, 2.45) is 0 Å². The van der Waals surface area contributed by atoms with Gasteiger partial charge in [-0.05, 0) is 45.0 Å². The van der Waals surface area contributed by atoms with Crippen LogP contribution in [0, 0.1) is 0 Å². The topological polar surface area (TPSA) is 58.1 Å². The van der Waals surface area contributed by atoms with E-state index < -0.39 is 0 Å². The first-order valence-electron chi connectivity index (χ1n) is 7.51. The van der Waals surface area contributed by atoms with Crippen LogP contribution in [0.3, 0.4) is 0 Å². The van der Waals surface area contributed by atoms with E-state index in [1.54, 1.807) is 14.2 Å². The summed E-state index contributed by atoms with van der Waals surface area (Å²) in [6.07, 6.45) is 3.16. The molecule has 2 rings (SSSR count). The fourth-order valence-corrected chi connectivity index (χ4v) is 2.68. The zero-order valence-electron chi connectivity index (χ0n) is 14.0. The van der Waals surface area contributed by atoms with Crippen LogP contribution in [0.5, 0.6) is 11.5 Å². The molecule has 0 N–H and O–H groups in total. The Labute approximate surface area is 163 Å². The maximum atomic E-state index is 9.16. The second-order valence-electron chi connectivity index (χ2n) is 5.34. The molecule has 1 aromatic carbocycles. The number of likely N-dealkylation sites (tertiary alicyclic amines) is 1. The summed E-state index contributed by atoms with van der Waals surface area (Å²) in [6.45, 7) is 3.60. The molecule has 1 aromatic rings. The molecule has 1 radical (unpaired) electrons. The summed E-state index contributed by atoms with van der Waals surface area (Å²) in [5.74, 6) is 2.50. The largest absolute Gasteiger partial charge is 0.810 e. The molecule has 0 aromatic heterocycles. The molecule has 5 nitrogen and oxygen atoms in total. The van der Waals surface area contributed by atoms with E-state index in [-0.39, 0.29) is 38.8 Å². The monoisotopic (exact) mass is 390 g/mol. The van der Waals surface area contributed by atoms with E-state index in [4.69, 9.17) is 14.9 Å². The molecule has 0 spiro atoms. The van der Waals surface area contributed by atoms with E-state index in [1.165, 1.54) is 0 Å². The van der Waals surface area contributed by atoms with Crippen molar-refractivity contribution in [3.05, 3.63) is 46.4 Å². The van der Waals surface area contributed by atoms with Crippen molar-refractivity contribution < 1.29 is 42.2 Å². The van der Waals surface area contributed by atoms with Crippen LogP contribution in [0.4, 0.5) is 0 Å². The molecule has 6 heteroatoms. The smallest absolute Gasteiger partial charge is 0.123 e. The van der Waals surface area contributed by atoms with Crippen molar-refractivity contribution in [1.82, 2.24) is 4.90 Å². The SMILES string of the molecule is C[N-]/C(=C(/C)C=[N-])N1CCC(Oc2cccc(OC)c2)CC1.[Y]. The van der Waals surface area contributed by atoms with Gasteiger partial charge in [0.25, 0.3) is 0 Å². The Balaban J connectivity index is 0.00000264. The van der Waals surface area contributed by atoms with Gasteiger partial charge in [-0.1, -0.05) is 24.5 Å². The normalized spacial score (nSPS) is 16.0. The number of hydrogen-bond donors (Lipinski definition) is 0. The Hall–Kier alpha value is -1.07. The van der Waals surface area contributed by atoms with Gasteiger partial charge in [-0.3, -0.25) is 0 Å². The third-order valence-electron chi connectivity index (χ3n) is 3.84. The summed E-state index contributed by atoms with van der Waals surface area (Å²) in [4.78, 5) is 2.19. The molecule has 1 heterocycles. The third-order valence-corrected chi connectivity index (χ3v) is 3.84. The van der Waals surface area contributed by atoms with E-state index in [1.807, 2.05) is 31.2 Å². The standard InChI is InChI=1S/C17H23N3O2.Y/c1-13(12-18)17(19-2)20-9-7-14(8-10-20)22-16-6-4-5-15(11-16)21-3;/h4-6,11-12,14H,7-10H2,1-3H3;/q-2;/b17-13+;. The second-order valence-corrected chi connectivity index (χ2v) is 5.34. The van der Waals surface area contributed by atoms with Gasteiger partial charge >= 0.3 is 0 Å². The molecule has 0 amide bonds. The molecule has 0 aliphatic carbocycles. The predicted octanol–water partition coefficient (Wildman–Crippen LogP) is 3.41. The van der Waals surface area contributed by atoms with Crippen molar-refractivity contribution in [3.8, 4) is 11.5 Å². The molecule has 0 saturated carbocycles. The number of allylic oxidation sites excluding steroid dienone is 1. The second kappa shape index (κ2) is 9.94.